The Labute approximate surface area is 174 Å². The lowest BCUT2D eigenvalue weighted by molar-refractivity contribution is -0.382. The molecule has 0 fully saturated rings. The molecule has 0 unspecified atom stereocenters. The molecule has 0 aliphatic carbocycles. The van der Waals surface area contributed by atoms with E-state index in [0.717, 1.165) is 6.07 Å². The number of esters is 1. The molecule has 0 saturated carbocycles. The summed E-state index contributed by atoms with van der Waals surface area (Å²) >= 11 is 0. The van der Waals surface area contributed by atoms with E-state index in [9.17, 15) is 52.7 Å². The molecule has 0 saturated heterocycles. The van der Waals surface area contributed by atoms with Crippen LogP contribution in [0.25, 0.3) is 0 Å². The van der Waals surface area contributed by atoms with Crippen LogP contribution in [0.1, 0.15) is 18.9 Å². The van der Waals surface area contributed by atoms with Crippen LogP contribution in [0, 0.1) is 0 Å². The second kappa shape index (κ2) is 8.19. The monoisotopic (exact) mass is 504 g/mol. The third-order valence-corrected chi connectivity index (χ3v) is 5.47. The summed E-state index contributed by atoms with van der Waals surface area (Å²) in [6, 6.07) is 2.25. The predicted molar refractivity (Wildman–Crippen MR) is 86.3 cm³/mol. The van der Waals surface area contributed by atoms with E-state index in [0.29, 0.717) is 17.7 Å². The number of hydrogen-bond donors (Lipinski definition) is 0. The van der Waals surface area contributed by atoms with Crippen LogP contribution in [0.4, 0.5) is 39.5 Å². The summed E-state index contributed by atoms with van der Waals surface area (Å²) in [6.45, 7) is 1.47. The summed E-state index contributed by atoms with van der Waals surface area (Å²) in [4.78, 5) is 11.7. The fraction of sp³-hybridized carbons (Fsp3) is 0.562. The number of halogens is 9. The summed E-state index contributed by atoms with van der Waals surface area (Å²) in [5.41, 5.74) is 0.302. The number of benzene rings is 1. The molecule has 0 bridgehead atoms. The van der Waals surface area contributed by atoms with Crippen LogP contribution >= 0.6 is 0 Å². The maximum Gasteiger partial charge on any atom is 0.460 e. The van der Waals surface area contributed by atoms with Crippen molar-refractivity contribution in [3.8, 4) is 11.5 Å². The first-order valence-electron chi connectivity index (χ1n) is 8.49. The zero-order chi connectivity index (χ0) is 24.8. The second-order valence-corrected chi connectivity index (χ2v) is 7.96. The van der Waals surface area contributed by atoms with Gasteiger partial charge in [-0.05, 0) is 31.4 Å². The Morgan fingerprint density at radius 1 is 1.06 bits per heavy atom. The molecular formula is C16H13F9O6S. The number of rotatable bonds is 7. The molecule has 16 heteroatoms. The molecule has 32 heavy (non-hydrogen) atoms. The third-order valence-electron chi connectivity index (χ3n) is 4.17. The zero-order valence-electron chi connectivity index (χ0n) is 15.7. The van der Waals surface area contributed by atoms with E-state index < -0.39 is 51.2 Å². The van der Waals surface area contributed by atoms with Crippen molar-refractivity contribution in [1.82, 2.24) is 0 Å². The number of aryl methyl sites for hydroxylation is 1. The summed E-state index contributed by atoms with van der Waals surface area (Å²) < 4.78 is 154. The van der Waals surface area contributed by atoms with Gasteiger partial charge in [0.25, 0.3) is 0 Å². The lowest BCUT2D eigenvalue weighted by Crippen LogP contribution is -2.63. The van der Waals surface area contributed by atoms with E-state index in [1.165, 1.54) is 6.92 Å². The van der Waals surface area contributed by atoms with Crippen LogP contribution in [-0.2, 0) is 26.1 Å². The van der Waals surface area contributed by atoms with E-state index in [-0.39, 0.29) is 25.2 Å². The quantitative estimate of drug-likeness (QED) is 0.317. The average Bonchev–Trinajstić information content (AvgIpc) is 2.66. The highest BCUT2D eigenvalue weighted by Gasteiger charge is 2.86. The van der Waals surface area contributed by atoms with Gasteiger partial charge >= 0.3 is 39.4 Å². The first-order chi connectivity index (χ1) is 14.4. The Morgan fingerprint density at radius 2 is 1.66 bits per heavy atom. The van der Waals surface area contributed by atoms with Crippen molar-refractivity contribution in [2.75, 3.05) is 6.61 Å². The Bertz CT molecular complexity index is 975. The Hall–Kier alpha value is -2.39. The van der Waals surface area contributed by atoms with Gasteiger partial charge in [-0.1, -0.05) is 6.07 Å². The van der Waals surface area contributed by atoms with Crippen LogP contribution in [0.3, 0.4) is 0 Å². The van der Waals surface area contributed by atoms with Gasteiger partial charge in [0.2, 0.25) is 0 Å². The minimum Gasteiger partial charge on any atom is -0.478 e. The van der Waals surface area contributed by atoms with Gasteiger partial charge in [-0.15, -0.1) is 0 Å². The molecule has 182 valence electrons. The summed E-state index contributed by atoms with van der Waals surface area (Å²) in [5.74, 6) is -17.1. The standard InChI is InChI=1S/C16H13F9O6S/c1-2-29-12(26)10-6-4-8-3-5-9(7-11(8)30-10)31-32(27,28)16(24,25)14(19,20)13(17,18)15(21,22)23/h3,5,7,10H,2,4,6H2,1H3/t10-/m0/s1. The number of fused-ring (bicyclic) bond motifs is 1. The number of ether oxygens (including phenoxy) is 2. The molecule has 0 amide bonds. The largest absolute Gasteiger partial charge is 0.478 e. The lowest BCUT2D eigenvalue weighted by Gasteiger charge is -2.32. The highest BCUT2D eigenvalue weighted by Crippen LogP contribution is 2.55. The van der Waals surface area contributed by atoms with Gasteiger partial charge in [0, 0.05) is 6.07 Å². The fourth-order valence-electron chi connectivity index (χ4n) is 2.50. The van der Waals surface area contributed by atoms with Crippen molar-refractivity contribution in [3.63, 3.8) is 0 Å². The van der Waals surface area contributed by atoms with E-state index >= 15 is 0 Å². The Morgan fingerprint density at radius 3 is 2.19 bits per heavy atom. The van der Waals surface area contributed by atoms with Gasteiger partial charge in [-0.3, -0.25) is 0 Å². The van der Waals surface area contributed by atoms with Crippen molar-refractivity contribution >= 4 is 16.1 Å². The second-order valence-electron chi connectivity index (χ2n) is 6.37. The molecule has 1 aliphatic heterocycles. The molecule has 0 N–H and O–H groups in total. The summed E-state index contributed by atoms with van der Waals surface area (Å²) in [5, 5.41) is -7.00. The maximum absolute atomic E-state index is 13.7. The summed E-state index contributed by atoms with van der Waals surface area (Å²) in [6.07, 6.45) is -8.12. The summed E-state index contributed by atoms with van der Waals surface area (Å²) in [7, 11) is -7.09. The Kier molecular flexibility index (Phi) is 6.62. The minimum atomic E-state index is -7.42. The third kappa shape index (κ3) is 4.28. The van der Waals surface area contributed by atoms with Gasteiger partial charge in [-0.2, -0.15) is 47.9 Å². The van der Waals surface area contributed by atoms with Crippen molar-refractivity contribution < 1.29 is 66.4 Å². The van der Waals surface area contributed by atoms with Crippen LogP contribution in [0.15, 0.2) is 18.2 Å². The average molecular weight is 504 g/mol. The number of carbonyl (C=O) groups excluding carboxylic acids is 1. The first kappa shape index (κ1) is 25.9. The SMILES string of the molecule is CCOC(=O)[C@@H]1CCc2ccc(OS(=O)(=O)C(F)(F)C(F)(F)C(F)(F)C(F)(F)F)cc2O1. The minimum absolute atomic E-state index is 0.0151. The van der Waals surface area contributed by atoms with Gasteiger partial charge in [0.05, 0.1) is 6.61 Å². The van der Waals surface area contributed by atoms with E-state index in [2.05, 4.69) is 4.18 Å². The van der Waals surface area contributed by atoms with E-state index in [4.69, 9.17) is 9.47 Å². The van der Waals surface area contributed by atoms with Crippen LogP contribution < -0.4 is 8.92 Å². The van der Waals surface area contributed by atoms with Crippen LogP contribution in [0.5, 0.6) is 11.5 Å². The number of hydrogen-bond acceptors (Lipinski definition) is 6. The van der Waals surface area contributed by atoms with Gasteiger partial charge in [0.15, 0.2) is 6.10 Å². The molecule has 1 heterocycles. The first-order valence-corrected chi connectivity index (χ1v) is 9.90. The molecule has 2 rings (SSSR count). The molecule has 0 spiro atoms. The molecule has 6 nitrogen and oxygen atoms in total. The van der Waals surface area contributed by atoms with Crippen LogP contribution in [-0.4, -0.2) is 50.4 Å². The molecule has 1 aromatic rings. The van der Waals surface area contributed by atoms with Crippen molar-refractivity contribution in [3.05, 3.63) is 23.8 Å². The highest BCUT2D eigenvalue weighted by molar-refractivity contribution is 7.88. The fourth-order valence-corrected chi connectivity index (χ4v) is 3.40. The van der Waals surface area contributed by atoms with Gasteiger partial charge in [0.1, 0.15) is 11.5 Å². The number of alkyl halides is 9. The molecule has 1 atom stereocenters. The van der Waals surface area contributed by atoms with Gasteiger partial charge < -0.3 is 13.7 Å². The molecule has 1 aromatic carbocycles. The lowest BCUT2D eigenvalue weighted by atomic mass is 10.0. The zero-order valence-corrected chi connectivity index (χ0v) is 16.5. The normalized spacial score (nSPS) is 17.9. The van der Waals surface area contributed by atoms with Crippen LogP contribution in [0.2, 0.25) is 0 Å². The molecule has 0 aromatic heterocycles. The van der Waals surface area contributed by atoms with Gasteiger partial charge in [-0.25, -0.2) is 4.79 Å². The number of carbonyl (C=O) groups is 1. The van der Waals surface area contributed by atoms with Crippen molar-refractivity contribution in [2.45, 2.75) is 49.1 Å². The maximum atomic E-state index is 13.7. The Balaban J connectivity index is 2.34. The van der Waals surface area contributed by atoms with Crippen molar-refractivity contribution in [1.29, 1.82) is 0 Å². The molecule has 0 radical (unpaired) electrons. The highest BCUT2D eigenvalue weighted by atomic mass is 32.2. The predicted octanol–water partition coefficient (Wildman–Crippen LogP) is 4.08. The van der Waals surface area contributed by atoms with E-state index in [1.54, 1.807) is 0 Å². The van der Waals surface area contributed by atoms with Crippen molar-refractivity contribution in [2.24, 2.45) is 0 Å². The molecular weight excluding hydrogens is 491 g/mol. The topological polar surface area (TPSA) is 78.9 Å². The van der Waals surface area contributed by atoms with E-state index in [1.807, 2.05) is 0 Å². The smallest absolute Gasteiger partial charge is 0.460 e. The molecule has 1 aliphatic rings.